The average Bonchev–Trinajstić information content (AvgIpc) is 2.76. The Hall–Kier alpha value is -0.870. The van der Waals surface area contributed by atoms with Crippen LogP contribution in [-0.2, 0) is 17.8 Å². The maximum absolute atomic E-state index is 5.54. The molecule has 0 spiro atoms. The number of hydrogen-bond donors (Lipinski definition) is 1. The van der Waals surface area contributed by atoms with Gasteiger partial charge in [-0.3, -0.25) is 0 Å². The van der Waals surface area contributed by atoms with Crippen molar-refractivity contribution in [2.75, 3.05) is 19.8 Å². The number of imidazole rings is 1. The molecule has 0 aliphatic heterocycles. The SMILES string of the molecule is CCCCOCCn1cnc(CNCC(C)C)c1. The molecule has 1 rings (SSSR count). The summed E-state index contributed by atoms with van der Waals surface area (Å²) in [7, 11) is 0. The van der Waals surface area contributed by atoms with Gasteiger partial charge in [-0.05, 0) is 18.9 Å². The number of nitrogens with zero attached hydrogens (tertiary/aromatic N) is 2. The Morgan fingerprint density at radius 2 is 2.22 bits per heavy atom. The van der Waals surface area contributed by atoms with Crippen LogP contribution in [0.15, 0.2) is 12.5 Å². The molecule has 0 bridgehead atoms. The Labute approximate surface area is 111 Å². The summed E-state index contributed by atoms with van der Waals surface area (Å²) >= 11 is 0. The first kappa shape index (κ1) is 15.2. The molecule has 1 N–H and O–H groups in total. The van der Waals surface area contributed by atoms with Gasteiger partial charge in [0.1, 0.15) is 0 Å². The Balaban J connectivity index is 2.13. The van der Waals surface area contributed by atoms with E-state index in [0.717, 1.165) is 45.0 Å². The lowest BCUT2D eigenvalue weighted by Crippen LogP contribution is -2.19. The molecular formula is C14H27N3O. The molecule has 0 atom stereocenters. The fourth-order valence-electron chi connectivity index (χ4n) is 1.63. The first-order valence-electron chi connectivity index (χ1n) is 7.01. The van der Waals surface area contributed by atoms with E-state index in [9.17, 15) is 0 Å². The van der Waals surface area contributed by atoms with Gasteiger partial charge >= 0.3 is 0 Å². The van der Waals surface area contributed by atoms with Crippen molar-refractivity contribution in [3.63, 3.8) is 0 Å². The van der Waals surface area contributed by atoms with E-state index in [4.69, 9.17) is 4.74 Å². The average molecular weight is 253 g/mol. The molecule has 4 heteroatoms. The normalized spacial score (nSPS) is 11.3. The highest BCUT2D eigenvalue weighted by Crippen LogP contribution is 1.97. The molecule has 0 saturated heterocycles. The maximum atomic E-state index is 5.54. The highest BCUT2D eigenvalue weighted by atomic mass is 16.5. The van der Waals surface area contributed by atoms with Gasteiger partial charge in [0.25, 0.3) is 0 Å². The molecule has 0 fully saturated rings. The second kappa shape index (κ2) is 9.11. The van der Waals surface area contributed by atoms with Crippen LogP contribution in [0.1, 0.15) is 39.3 Å². The van der Waals surface area contributed by atoms with Crippen LogP contribution in [0.2, 0.25) is 0 Å². The molecule has 104 valence electrons. The Morgan fingerprint density at radius 3 is 2.94 bits per heavy atom. The van der Waals surface area contributed by atoms with Crippen LogP contribution in [0.4, 0.5) is 0 Å². The zero-order valence-corrected chi connectivity index (χ0v) is 12.0. The zero-order chi connectivity index (χ0) is 13.2. The van der Waals surface area contributed by atoms with E-state index in [0.29, 0.717) is 5.92 Å². The smallest absolute Gasteiger partial charge is 0.0950 e. The van der Waals surface area contributed by atoms with Gasteiger partial charge in [0.15, 0.2) is 0 Å². The lowest BCUT2D eigenvalue weighted by molar-refractivity contribution is 0.123. The van der Waals surface area contributed by atoms with E-state index in [1.165, 1.54) is 6.42 Å². The van der Waals surface area contributed by atoms with Gasteiger partial charge in [0.2, 0.25) is 0 Å². The first-order chi connectivity index (χ1) is 8.72. The van der Waals surface area contributed by atoms with Gasteiger partial charge in [-0.25, -0.2) is 4.98 Å². The summed E-state index contributed by atoms with van der Waals surface area (Å²) in [4.78, 5) is 4.37. The Bertz CT molecular complexity index is 310. The van der Waals surface area contributed by atoms with Gasteiger partial charge < -0.3 is 14.6 Å². The molecule has 18 heavy (non-hydrogen) atoms. The predicted molar refractivity (Wildman–Crippen MR) is 74.5 cm³/mol. The van der Waals surface area contributed by atoms with Crippen molar-refractivity contribution in [1.82, 2.24) is 14.9 Å². The number of unbranched alkanes of at least 4 members (excludes halogenated alkanes) is 1. The summed E-state index contributed by atoms with van der Waals surface area (Å²) in [6.45, 7) is 11.0. The molecule has 0 unspecified atom stereocenters. The molecule has 0 amide bonds. The lowest BCUT2D eigenvalue weighted by Gasteiger charge is -2.05. The van der Waals surface area contributed by atoms with Gasteiger partial charge in [-0.2, -0.15) is 0 Å². The van der Waals surface area contributed by atoms with Gasteiger partial charge in [0.05, 0.1) is 18.6 Å². The van der Waals surface area contributed by atoms with Crippen LogP contribution in [0.25, 0.3) is 0 Å². The summed E-state index contributed by atoms with van der Waals surface area (Å²) in [5.41, 5.74) is 1.10. The minimum atomic E-state index is 0.680. The molecule has 0 saturated carbocycles. The van der Waals surface area contributed by atoms with Crippen molar-refractivity contribution < 1.29 is 4.74 Å². The van der Waals surface area contributed by atoms with Crippen LogP contribution >= 0.6 is 0 Å². The third kappa shape index (κ3) is 6.77. The van der Waals surface area contributed by atoms with Crippen molar-refractivity contribution in [2.24, 2.45) is 5.92 Å². The van der Waals surface area contributed by atoms with Gasteiger partial charge in [-0.1, -0.05) is 27.2 Å². The van der Waals surface area contributed by atoms with Crippen molar-refractivity contribution in [3.8, 4) is 0 Å². The molecule has 4 nitrogen and oxygen atoms in total. The number of hydrogen-bond acceptors (Lipinski definition) is 3. The largest absolute Gasteiger partial charge is 0.380 e. The van der Waals surface area contributed by atoms with E-state index in [1.807, 2.05) is 6.33 Å². The van der Waals surface area contributed by atoms with E-state index in [2.05, 4.69) is 41.8 Å². The summed E-state index contributed by atoms with van der Waals surface area (Å²) in [6, 6.07) is 0. The second-order valence-corrected chi connectivity index (χ2v) is 5.09. The molecule has 1 heterocycles. The van der Waals surface area contributed by atoms with E-state index in [1.54, 1.807) is 0 Å². The third-order valence-corrected chi connectivity index (χ3v) is 2.68. The van der Waals surface area contributed by atoms with Crippen molar-refractivity contribution in [3.05, 3.63) is 18.2 Å². The standard InChI is InChI=1S/C14H27N3O/c1-4-5-7-18-8-6-17-11-14(16-12-17)10-15-9-13(2)3/h11-13,15H,4-10H2,1-3H3. The van der Waals surface area contributed by atoms with E-state index in [-0.39, 0.29) is 0 Å². The van der Waals surface area contributed by atoms with Gasteiger partial charge in [0, 0.05) is 25.9 Å². The monoisotopic (exact) mass is 253 g/mol. The van der Waals surface area contributed by atoms with Crippen LogP contribution < -0.4 is 5.32 Å². The number of nitrogens with one attached hydrogen (secondary N) is 1. The van der Waals surface area contributed by atoms with Crippen LogP contribution in [0.3, 0.4) is 0 Å². The molecular weight excluding hydrogens is 226 g/mol. The van der Waals surface area contributed by atoms with Crippen LogP contribution in [0.5, 0.6) is 0 Å². The quantitative estimate of drug-likeness (QED) is 0.651. The molecule has 0 radical (unpaired) electrons. The minimum Gasteiger partial charge on any atom is -0.380 e. The summed E-state index contributed by atoms with van der Waals surface area (Å²) in [5.74, 6) is 0.680. The summed E-state index contributed by atoms with van der Waals surface area (Å²) in [6.07, 6.45) is 6.32. The topological polar surface area (TPSA) is 39.1 Å². The van der Waals surface area contributed by atoms with Crippen LogP contribution in [0, 0.1) is 5.92 Å². The fraction of sp³-hybridized carbons (Fsp3) is 0.786. The number of ether oxygens (including phenoxy) is 1. The molecule has 1 aromatic heterocycles. The minimum absolute atomic E-state index is 0.680. The van der Waals surface area contributed by atoms with E-state index >= 15 is 0 Å². The van der Waals surface area contributed by atoms with Gasteiger partial charge in [-0.15, -0.1) is 0 Å². The van der Waals surface area contributed by atoms with Crippen LogP contribution in [-0.4, -0.2) is 29.3 Å². The molecule has 0 aromatic carbocycles. The summed E-state index contributed by atoms with van der Waals surface area (Å²) < 4.78 is 7.63. The fourth-order valence-corrected chi connectivity index (χ4v) is 1.63. The Morgan fingerprint density at radius 1 is 1.39 bits per heavy atom. The highest BCUT2D eigenvalue weighted by molar-refractivity contribution is 4.96. The van der Waals surface area contributed by atoms with Crippen molar-refractivity contribution >= 4 is 0 Å². The lowest BCUT2D eigenvalue weighted by atomic mass is 10.2. The zero-order valence-electron chi connectivity index (χ0n) is 12.0. The molecule has 1 aromatic rings. The highest BCUT2D eigenvalue weighted by Gasteiger charge is 1.99. The van der Waals surface area contributed by atoms with Crippen molar-refractivity contribution in [2.45, 2.75) is 46.7 Å². The second-order valence-electron chi connectivity index (χ2n) is 5.09. The van der Waals surface area contributed by atoms with E-state index < -0.39 is 0 Å². The summed E-state index contributed by atoms with van der Waals surface area (Å²) in [5, 5.41) is 3.39. The predicted octanol–water partition coefficient (Wildman–Crippen LogP) is 2.45. The molecule has 0 aliphatic carbocycles. The third-order valence-electron chi connectivity index (χ3n) is 2.68. The number of aromatic nitrogens is 2. The maximum Gasteiger partial charge on any atom is 0.0950 e. The Kier molecular flexibility index (Phi) is 7.69. The first-order valence-corrected chi connectivity index (χ1v) is 7.01. The van der Waals surface area contributed by atoms with Crippen molar-refractivity contribution in [1.29, 1.82) is 0 Å². The molecule has 0 aliphatic rings. The number of rotatable bonds is 10.